The Morgan fingerprint density at radius 3 is 2.50 bits per heavy atom. The van der Waals surface area contributed by atoms with E-state index in [4.69, 9.17) is 0 Å². The number of aliphatic hydroxyl groups excluding tert-OH is 1. The van der Waals surface area contributed by atoms with E-state index in [0.29, 0.717) is 13.1 Å². The number of aliphatic hydroxyl groups is 1. The fourth-order valence-electron chi connectivity index (χ4n) is 2.52. The van der Waals surface area contributed by atoms with Gasteiger partial charge in [-0.2, -0.15) is 0 Å². The Labute approximate surface area is 121 Å². The lowest BCUT2D eigenvalue weighted by Gasteiger charge is -2.22. The Bertz CT molecular complexity index is 572. The molecule has 0 spiro atoms. The molecule has 4 heteroatoms. The van der Waals surface area contributed by atoms with Crippen LogP contribution in [-0.4, -0.2) is 45.3 Å². The first kappa shape index (κ1) is 15.0. The van der Waals surface area contributed by atoms with Crippen molar-refractivity contribution in [3.8, 4) is 0 Å². The summed E-state index contributed by atoms with van der Waals surface area (Å²) in [7, 11) is 0. The largest absolute Gasteiger partial charge is 0.390 e. The lowest BCUT2D eigenvalue weighted by Crippen LogP contribution is -2.34. The van der Waals surface area contributed by atoms with E-state index in [1.54, 1.807) is 0 Å². The maximum absolute atomic E-state index is 10.2. The van der Waals surface area contributed by atoms with Crippen molar-refractivity contribution in [2.75, 3.05) is 19.6 Å². The average Bonchev–Trinajstić information content (AvgIpc) is 2.79. The Kier molecular flexibility index (Phi) is 4.78. The van der Waals surface area contributed by atoms with E-state index in [1.807, 2.05) is 6.33 Å². The summed E-state index contributed by atoms with van der Waals surface area (Å²) in [5.74, 6) is 0. The quantitative estimate of drug-likeness (QED) is 0.880. The highest BCUT2D eigenvalue weighted by molar-refractivity contribution is 5.77. The molecule has 1 N–H and O–H groups in total. The number of fused-ring (bicyclic) bond motifs is 1. The fraction of sp³-hybridized carbons (Fsp3) is 0.562. The first-order chi connectivity index (χ1) is 9.55. The minimum Gasteiger partial charge on any atom is -0.390 e. The van der Waals surface area contributed by atoms with Gasteiger partial charge in [-0.05, 0) is 50.2 Å². The van der Waals surface area contributed by atoms with Crippen molar-refractivity contribution in [3.05, 3.63) is 29.6 Å². The van der Waals surface area contributed by atoms with Crippen LogP contribution in [0.25, 0.3) is 11.0 Å². The maximum atomic E-state index is 10.2. The third kappa shape index (κ3) is 3.19. The second-order valence-electron chi connectivity index (χ2n) is 5.46. The van der Waals surface area contributed by atoms with Gasteiger partial charge in [0.1, 0.15) is 0 Å². The van der Waals surface area contributed by atoms with Crippen LogP contribution < -0.4 is 0 Å². The lowest BCUT2D eigenvalue weighted by atomic mass is 10.1. The molecule has 0 bridgehead atoms. The standard InChI is InChI=1S/C16H25N3O/c1-5-18(6-2)9-14(20)10-19-11-17-15-7-12(3)13(4)8-16(15)19/h7-8,11,14,20H,5-6,9-10H2,1-4H3. The molecule has 1 unspecified atom stereocenters. The van der Waals surface area contributed by atoms with Crippen LogP contribution in [0.15, 0.2) is 18.5 Å². The van der Waals surface area contributed by atoms with Crippen LogP contribution >= 0.6 is 0 Å². The molecule has 2 aromatic rings. The number of imidazole rings is 1. The fourth-order valence-corrected chi connectivity index (χ4v) is 2.52. The average molecular weight is 275 g/mol. The van der Waals surface area contributed by atoms with Gasteiger partial charge >= 0.3 is 0 Å². The van der Waals surface area contributed by atoms with Crippen LogP contribution in [-0.2, 0) is 6.54 Å². The summed E-state index contributed by atoms with van der Waals surface area (Å²) in [6, 6.07) is 4.26. The molecule has 0 aliphatic rings. The molecule has 1 atom stereocenters. The Balaban J connectivity index is 2.15. The molecule has 4 nitrogen and oxygen atoms in total. The zero-order chi connectivity index (χ0) is 14.7. The van der Waals surface area contributed by atoms with Crippen molar-refractivity contribution in [2.45, 2.75) is 40.3 Å². The van der Waals surface area contributed by atoms with E-state index in [-0.39, 0.29) is 6.10 Å². The summed E-state index contributed by atoms with van der Waals surface area (Å²) >= 11 is 0. The Morgan fingerprint density at radius 2 is 1.85 bits per heavy atom. The van der Waals surface area contributed by atoms with Gasteiger partial charge < -0.3 is 14.6 Å². The van der Waals surface area contributed by atoms with E-state index in [2.05, 4.69) is 54.3 Å². The lowest BCUT2D eigenvalue weighted by molar-refractivity contribution is 0.104. The van der Waals surface area contributed by atoms with Gasteiger partial charge in [0, 0.05) is 6.54 Å². The summed E-state index contributed by atoms with van der Waals surface area (Å²) < 4.78 is 2.05. The minimum absolute atomic E-state index is 0.367. The molecule has 2 rings (SSSR count). The maximum Gasteiger partial charge on any atom is 0.0959 e. The molecule has 1 aromatic heterocycles. The molecule has 1 aromatic carbocycles. The smallest absolute Gasteiger partial charge is 0.0959 e. The predicted molar refractivity (Wildman–Crippen MR) is 83.0 cm³/mol. The van der Waals surface area contributed by atoms with Crippen LogP contribution in [0, 0.1) is 13.8 Å². The normalized spacial score (nSPS) is 13.3. The van der Waals surface area contributed by atoms with Gasteiger partial charge in [0.05, 0.1) is 30.0 Å². The van der Waals surface area contributed by atoms with Crippen LogP contribution in [0.4, 0.5) is 0 Å². The van der Waals surface area contributed by atoms with Crippen molar-refractivity contribution >= 4 is 11.0 Å². The highest BCUT2D eigenvalue weighted by Gasteiger charge is 2.12. The molecule has 20 heavy (non-hydrogen) atoms. The van der Waals surface area contributed by atoms with Crippen LogP contribution in [0.3, 0.4) is 0 Å². The molecule has 0 saturated carbocycles. The summed E-state index contributed by atoms with van der Waals surface area (Å²) in [6.45, 7) is 11.7. The number of aromatic nitrogens is 2. The molecule has 0 aliphatic carbocycles. The van der Waals surface area contributed by atoms with Crippen molar-refractivity contribution < 1.29 is 5.11 Å². The topological polar surface area (TPSA) is 41.3 Å². The second-order valence-corrected chi connectivity index (χ2v) is 5.46. The number of rotatable bonds is 6. The number of likely N-dealkylation sites (N-methyl/N-ethyl adjacent to an activating group) is 1. The number of aryl methyl sites for hydroxylation is 2. The highest BCUT2D eigenvalue weighted by atomic mass is 16.3. The van der Waals surface area contributed by atoms with Gasteiger partial charge in [-0.1, -0.05) is 13.8 Å². The molecule has 0 fully saturated rings. The van der Waals surface area contributed by atoms with Crippen LogP contribution in [0.1, 0.15) is 25.0 Å². The van der Waals surface area contributed by atoms with Crippen molar-refractivity contribution in [3.63, 3.8) is 0 Å². The molecule has 0 radical (unpaired) electrons. The van der Waals surface area contributed by atoms with Gasteiger partial charge in [-0.25, -0.2) is 4.98 Å². The first-order valence-electron chi connectivity index (χ1n) is 7.37. The Morgan fingerprint density at radius 1 is 1.20 bits per heavy atom. The number of benzene rings is 1. The number of hydrogen-bond acceptors (Lipinski definition) is 3. The summed E-state index contributed by atoms with van der Waals surface area (Å²) in [5, 5.41) is 10.2. The monoisotopic (exact) mass is 275 g/mol. The number of nitrogens with zero attached hydrogens (tertiary/aromatic N) is 3. The summed E-state index contributed by atoms with van der Waals surface area (Å²) in [4.78, 5) is 6.67. The van der Waals surface area contributed by atoms with E-state index >= 15 is 0 Å². The summed E-state index contributed by atoms with van der Waals surface area (Å²) in [6.07, 6.45) is 1.46. The molecule has 0 amide bonds. The number of hydrogen-bond donors (Lipinski definition) is 1. The first-order valence-corrected chi connectivity index (χ1v) is 7.37. The minimum atomic E-state index is -0.367. The van der Waals surface area contributed by atoms with Gasteiger partial charge in [0.2, 0.25) is 0 Å². The van der Waals surface area contributed by atoms with Crippen molar-refractivity contribution in [2.24, 2.45) is 0 Å². The summed E-state index contributed by atoms with van der Waals surface area (Å²) in [5.41, 5.74) is 4.62. The van der Waals surface area contributed by atoms with E-state index in [0.717, 1.165) is 24.1 Å². The van der Waals surface area contributed by atoms with Gasteiger partial charge in [-0.15, -0.1) is 0 Å². The van der Waals surface area contributed by atoms with Crippen LogP contribution in [0.2, 0.25) is 0 Å². The SMILES string of the molecule is CCN(CC)CC(O)Cn1cnc2cc(C)c(C)cc21. The van der Waals surface area contributed by atoms with Gasteiger partial charge in [0.15, 0.2) is 0 Å². The zero-order valence-corrected chi connectivity index (χ0v) is 12.9. The third-order valence-corrected chi connectivity index (χ3v) is 4.01. The molecule has 110 valence electrons. The van der Waals surface area contributed by atoms with E-state index in [9.17, 15) is 5.11 Å². The molecule has 0 saturated heterocycles. The third-order valence-electron chi connectivity index (χ3n) is 4.01. The molecule has 0 aliphatic heterocycles. The van der Waals surface area contributed by atoms with Crippen molar-refractivity contribution in [1.82, 2.24) is 14.5 Å². The predicted octanol–water partition coefficient (Wildman–Crippen LogP) is 2.36. The zero-order valence-electron chi connectivity index (χ0n) is 12.9. The van der Waals surface area contributed by atoms with E-state index < -0.39 is 0 Å². The van der Waals surface area contributed by atoms with Crippen LogP contribution in [0.5, 0.6) is 0 Å². The van der Waals surface area contributed by atoms with Gasteiger partial charge in [0.25, 0.3) is 0 Å². The second kappa shape index (κ2) is 6.37. The molecular formula is C16H25N3O. The van der Waals surface area contributed by atoms with Crippen molar-refractivity contribution in [1.29, 1.82) is 0 Å². The van der Waals surface area contributed by atoms with E-state index in [1.165, 1.54) is 11.1 Å². The molecule has 1 heterocycles. The highest BCUT2D eigenvalue weighted by Crippen LogP contribution is 2.18. The Hall–Kier alpha value is -1.39. The molecular weight excluding hydrogens is 250 g/mol. The van der Waals surface area contributed by atoms with Gasteiger partial charge in [-0.3, -0.25) is 0 Å².